The molecule has 1 rings (SSSR count). The normalized spacial score (nSPS) is 11.9. The maximum Gasteiger partial charge on any atom is 0.389 e. The molecule has 0 fully saturated rings. The lowest BCUT2D eigenvalue weighted by Crippen LogP contribution is -2.18. The number of aromatic nitrogens is 3. The molecule has 0 atom stereocenters. The van der Waals surface area contributed by atoms with Gasteiger partial charge in [0.05, 0.1) is 0 Å². The number of alkyl halides is 3. The Morgan fingerprint density at radius 3 is 2.43 bits per heavy atom. The molecule has 0 bridgehead atoms. The molecule has 0 radical (unpaired) electrons. The molecule has 0 amide bonds. The highest BCUT2D eigenvalue weighted by molar-refractivity contribution is 7.71. The van der Waals surface area contributed by atoms with E-state index in [1.54, 1.807) is 0 Å². The van der Waals surface area contributed by atoms with E-state index in [0.717, 1.165) is 4.57 Å². The number of rotatable bonds is 3. The van der Waals surface area contributed by atoms with Crippen LogP contribution >= 0.6 is 12.2 Å². The van der Waals surface area contributed by atoms with Gasteiger partial charge < -0.3 is 0 Å². The van der Waals surface area contributed by atoms with Gasteiger partial charge in [0.2, 0.25) is 0 Å². The smallest absolute Gasteiger partial charge is 0.272 e. The van der Waals surface area contributed by atoms with Gasteiger partial charge in [0.1, 0.15) is 0 Å². The Bertz CT molecular complexity index is 374. The third kappa shape index (κ3) is 3.02. The van der Waals surface area contributed by atoms with E-state index in [2.05, 4.69) is 22.4 Å². The van der Waals surface area contributed by atoms with E-state index in [4.69, 9.17) is 0 Å². The highest BCUT2D eigenvalue weighted by atomic mass is 32.1. The molecule has 0 aliphatic carbocycles. The van der Waals surface area contributed by atoms with Gasteiger partial charge in [0.15, 0.2) is 4.77 Å². The molecule has 0 unspecified atom stereocenters. The molecule has 0 aromatic carbocycles. The minimum Gasteiger partial charge on any atom is -0.272 e. The number of halogens is 3. The third-order valence-electron chi connectivity index (χ3n) is 1.61. The van der Waals surface area contributed by atoms with Crippen molar-refractivity contribution in [2.24, 2.45) is 0 Å². The van der Waals surface area contributed by atoms with E-state index in [-0.39, 0.29) is 17.7 Å². The summed E-state index contributed by atoms with van der Waals surface area (Å²) in [4.78, 5) is 10.9. The van der Waals surface area contributed by atoms with Crippen molar-refractivity contribution < 1.29 is 13.2 Å². The Hall–Kier alpha value is -1.05. The van der Waals surface area contributed by atoms with Gasteiger partial charge in [0.25, 0.3) is 0 Å². The summed E-state index contributed by atoms with van der Waals surface area (Å²) in [5.41, 5.74) is -0.517. The molecule has 1 aromatic rings. The summed E-state index contributed by atoms with van der Waals surface area (Å²) < 4.78 is 36.4. The first-order valence-electron chi connectivity index (χ1n) is 3.84. The van der Waals surface area contributed by atoms with Crippen molar-refractivity contribution in [1.82, 2.24) is 14.8 Å². The van der Waals surface area contributed by atoms with Crippen LogP contribution in [0.5, 0.6) is 0 Å². The van der Waals surface area contributed by atoms with Gasteiger partial charge in [0, 0.05) is 13.0 Å². The number of aromatic amines is 2. The Balaban J connectivity index is 2.55. The number of H-pyrrole nitrogens is 2. The Morgan fingerprint density at radius 2 is 2.00 bits per heavy atom. The standard InChI is InChI=1S/C6H8F3N3OS/c7-6(8,9)2-1-3-12-4(13)10-11-5(12)14/h1-3H2,(H,10,13)(H,11,14). The maximum atomic E-state index is 11.8. The molecule has 0 spiro atoms. The van der Waals surface area contributed by atoms with Crippen LogP contribution in [-0.2, 0) is 6.54 Å². The van der Waals surface area contributed by atoms with Crippen LogP contribution in [0.2, 0.25) is 0 Å². The van der Waals surface area contributed by atoms with Crippen LogP contribution in [-0.4, -0.2) is 20.9 Å². The van der Waals surface area contributed by atoms with Crippen LogP contribution in [0.3, 0.4) is 0 Å². The molecular weight excluding hydrogens is 219 g/mol. The highest BCUT2D eigenvalue weighted by Gasteiger charge is 2.26. The fourth-order valence-corrected chi connectivity index (χ4v) is 1.20. The minimum atomic E-state index is -4.19. The van der Waals surface area contributed by atoms with Crippen LogP contribution in [0.4, 0.5) is 13.2 Å². The van der Waals surface area contributed by atoms with Crippen molar-refractivity contribution in [2.45, 2.75) is 25.6 Å². The average molecular weight is 227 g/mol. The van der Waals surface area contributed by atoms with E-state index in [0.29, 0.717) is 0 Å². The highest BCUT2D eigenvalue weighted by Crippen LogP contribution is 2.21. The van der Waals surface area contributed by atoms with Crippen LogP contribution in [0, 0.1) is 4.77 Å². The van der Waals surface area contributed by atoms with E-state index in [1.165, 1.54) is 0 Å². The van der Waals surface area contributed by atoms with Crippen molar-refractivity contribution in [1.29, 1.82) is 0 Å². The lowest BCUT2D eigenvalue weighted by Gasteiger charge is -2.04. The average Bonchev–Trinajstić information content (AvgIpc) is 2.33. The Kier molecular flexibility index (Phi) is 3.14. The monoisotopic (exact) mass is 227 g/mol. The molecule has 4 nitrogen and oxygen atoms in total. The van der Waals surface area contributed by atoms with Crippen molar-refractivity contribution >= 4 is 12.2 Å². The summed E-state index contributed by atoms with van der Waals surface area (Å²) in [7, 11) is 0. The summed E-state index contributed by atoms with van der Waals surface area (Å²) >= 11 is 4.67. The molecule has 8 heteroatoms. The van der Waals surface area contributed by atoms with Crippen LogP contribution in [0.15, 0.2) is 4.79 Å². The summed E-state index contributed by atoms with van der Waals surface area (Å²) in [5.74, 6) is 0. The van der Waals surface area contributed by atoms with E-state index < -0.39 is 18.3 Å². The van der Waals surface area contributed by atoms with Crippen LogP contribution in [0.25, 0.3) is 0 Å². The molecular formula is C6H8F3N3OS. The quantitative estimate of drug-likeness (QED) is 0.770. The van der Waals surface area contributed by atoms with Gasteiger partial charge in [-0.2, -0.15) is 13.2 Å². The zero-order chi connectivity index (χ0) is 10.8. The zero-order valence-corrected chi connectivity index (χ0v) is 7.84. The van der Waals surface area contributed by atoms with E-state index >= 15 is 0 Å². The van der Waals surface area contributed by atoms with Crippen molar-refractivity contribution in [3.05, 3.63) is 15.3 Å². The third-order valence-corrected chi connectivity index (χ3v) is 1.93. The maximum absolute atomic E-state index is 11.8. The minimum absolute atomic E-state index is 0.0306. The van der Waals surface area contributed by atoms with Crippen molar-refractivity contribution in [3.8, 4) is 0 Å². The summed E-state index contributed by atoms with van der Waals surface area (Å²) in [6.07, 6.45) is -5.26. The molecule has 0 aliphatic rings. The summed E-state index contributed by atoms with van der Waals surface area (Å²) in [6.45, 7) is -0.0306. The van der Waals surface area contributed by atoms with Crippen LogP contribution < -0.4 is 5.69 Å². The first-order valence-corrected chi connectivity index (χ1v) is 4.25. The zero-order valence-electron chi connectivity index (χ0n) is 7.02. The molecule has 2 N–H and O–H groups in total. The second-order valence-electron chi connectivity index (χ2n) is 2.73. The van der Waals surface area contributed by atoms with Gasteiger partial charge in [-0.05, 0) is 18.6 Å². The first kappa shape index (κ1) is 11.0. The fourth-order valence-electron chi connectivity index (χ4n) is 0.975. The molecule has 0 saturated heterocycles. The van der Waals surface area contributed by atoms with E-state index in [1.807, 2.05) is 0 Å². The second kappa shape index (κ2) is 3.99. The van der Waals surface area contributed by atoms with Crippen molar-refractivity contribution in [3.63, 3.8) is 0 Å². The molecule has 14 heavy (non-hydrogen) atoms. The molecule has 1 heterocycles. The summed E-state index contributed by atoms with van der Waals surface area (Å²) in [6, 6.07) is 0. The molecule has 0 aliphatic heterocycles. The molecule has 0 saturated carbocycles. The Labute approximate surface area is 81.7 Å². The number of nitrogens with zero attached hydrogens (tertiary/aromatic N) is 1. The largest absolute Gasteiger partial charge is 0.389 e. The van der Waals surface area contributed by atoms with Gasteiger partial charge in [-0.3, -0.25) is 9.67 Å². The van der Waals surface area contributed by atoms with Gasteiger partial charge in [-0.1, -0.05) is 0 Å². The molecule has 1 aromatic heterocycles. The number of hydrogen-bond donors (Lipinski definition) is 2. The van der Waals surface area contributed by atoms with Gasteiger partial charge >= 0.3 is 11.9 Å². The Morgan fingerprint density at radius 1 is 1.36 bits per heavy atom. The lowest BCUT2D eigenvalue weighted by atomic mass is 10.3. The van der Waals surface area contributed by atoms with Crippen molar-refractivity contribution in [2.75, 3.05) is 0 Å². The summed E-state index contributed by atoms with van der Waals surface area (Å²) in [5, 5.41) is 4.53. The fraction of sp³-hybridized carbons (Fsp3) is 0.667. The number of nitrogens with one attached hydrogen (secondary N) is 2. The number of hydrogen-bond acceptors (Lipinski definition) is 2. The first-order chi connectivity index (χ1) is 6.40. The van der Waals surface area contributed by atoms with Gasteiger partial charge in [-0.25, -0.2) is 9.89 Å². The molecule has 80 valence electrons. The topological polar surface area (TPSA) is 53.6 Å². The van der Waals surface area contributed by atoms with E-state index in [9.17, 15) is 18.0 Å². The predicted molar refractivity (Wildman–Crippen MR) is 45.5 cm³/mol. The van der Waals surface area contributed by atoms with Gasteiger partial charge in [-0.15, -0.1) is 0 Å². The SMILES string of the molecule is O=c1[nH][nH]c(=S)n1CCCC(F)(F)F. The lowest BCUT2D eigenvalue weighted by molar-refractivity contribution is -0.135. The predicted octanol–water partition coefficient (Wildman–Crippen LogP) is 1.58. The van der Waals surface area contributed by atoms with Crippen LogP contribution in [0.1, 0.15) is 12.8 Å². The second-order valence-corrected chi connectivity index (χ2v) is 3.12.